The van der Waals surface area contributed by atoms with Crippen molar-refractivity contribution in [1.82, 2.24) is 0 Å². The molecule has 20 heavy (non-hydrogen) atoms. The number of nitrogens with two attached hydrogens (primary N) is 1. The topological polar surface area (TPSA) is 52.3 Å². The maximum Gasteiger partial charge on any atom is 0.416 e. The fourth-order valence-electron chi connectivity index (χ4n) is 1.52. The van der Waals surface area contributed by atoms with Crippen LogP contribution < -0.4 is 5.73 Å². The lowest BCUT2D eigenvalue weighted by Crippen LogP contribution is -2.46. The highest BCUT2D eigenvalue weighted by atomic mass is 19.4. The lowest BCUT2D eigenvalue weighted by Gasteiger charge is -2.29. The molecule has 0 aliphatic heterocycles. The molecule has 0 saturated carbocycles. The molecule has 0 fully saturated rings. The summed E-state index contributed by atoms with van der Waals surface area (Å²) >= 11 is 0. The van der Waals surface area contributed by atoms with E-state index >= 15 is 0 Å². The van der Waals surface area contributed by atoms with Crippen LogP contribution in [0.3, 0.4) is 0 Å². The largest absolute Gasteiger partial charge is 0.458 e. The van der Waals surface area contributed by atoms with Crippen LogP contribution in [0.2, 0.25) is 0 Å². The predicted octanol–water partition coefficient (Wildman–Crippen LogP) is 3.22. The molecule has 1 aromatic carbocycles. The Morgan fingerprint density at radius 2 is 1.60 bits per heavy atom. The van der Waals surface area contributed by atoms with E-state index < -0.39 is 28.8 Å². The molecule has 2 N–H and O–H groups in total. The van der Waals surface area contributed by atoms with Crippen molar-refractivity contribution in [2.24, 2.45) is 5.73 Å². The van der Waals surface area contributed by atoms with Crippen LogP contribution in [-0.4, -0.2) is 11.6 Å². The van der Waals surface area contributed by atoms with Gasteiger partial charge in [-0.05, 0) is 45.4 Å². The smallest absolute Gasteiger partial charge is 0.416 e. The third kappa shape index (κ3) is 3.96. The second-order valence-corrected chi connectivity index (χ2v) is 5.78. The van der Waals surface area contributed by atoms with Gasteiger partial charge in [-0.1, -0.05) is 12.1 Å². The Bertz CT molecular complexity index is 502. The monoisotopic (exact) mass is 289 g/mol. The summed E-state index contributed by atoms with van der Waals surface area (Å²) in [6.45, 7) is 6.31. The van der Waals surface area contributed by atoms with Gasteiger partial charge < -0.3 is 10.5 Å². The molecule has 1 rings (SSSR count). The summed E-state index contributed by atoms with van der Waals surface area (Å²) in [5.41, 5.74) is 2.66. The van der Waals surface area contributed by atoms with Crippen molar-refractivity contribution in [3.05, 3.63) is 35.4 Å². The fraction of sp³-hybridized carbons (Fsp3) is 0.500. The van der Waals surface area contributed by atoms with Gasteiger partial charge in [0.05, 0.1) is 5.56 Å². The van der Waals surface area contributed by atoms with E-state index in [1.165, 1.54) is 19.1 Å². The molecule has 3 nitrogen and oxygen atoms in total. The van der Waals surface area contributed by atoms with Gasteiger partial charge in [-0.25, -0.2) is 4.79 Å². The summed E-state index contributed by atoms with van der Waals surface area (Å²) in [5.74, 6) is -0.774. The van der Waals surface area contributed by atoms with Crippen molar-refractivity contribution in [3.8, 4) is 0 Å². The number of halogens is 3. The molecule has 0 heterocycles. The molecule has 0 saturated heterocycles. The zero-order valence-electron chi connectivity index (χ0n) is 11.8. The van der Waals surface area contributed by atoms with Crippen LogP contribution in [0.15, 0.2) is 24.3 Å². The standard InChI is InChI=1S/C14H18F3NO2/c1-12(2,3)20-11(19)13(4,18)9-6-5-7-10(8-9)14(15,16)17/h5-8H,18H2,1-4H3. The summed E-state index contributed by atoms with van der Waals surface area (Å²) < 4.78 is 43.2. The van der Waals surface area contributed by atoms with Crippen LogP contribution in [0.5, 0.6) is 0 Å². The summed E-state index contributed by atoms with van der Waals surface area (Å²) in [6.07, 6.45) is -4.49. The lowest BCUT2D eigenvalue weighted by atomic mass is 9.91. The minimum Gasteiger partial charge on any atom is -0.458 e. The van der Waals surface area contributed by atoms with Gasteiger partial charge in [-0.15, -0.1) is 0 Å². The van der Waals surface area contributed by atoms with E-state index in [9.17, 15) is 18.0 Å². The number of rotatable bonds is 2. The van der Waals surface area contributed by atoms with E-state index in [1.54, 1.807) is 20.8 Å². The minimum absolute atomic E-state index is 0.0570. The molecular weight excluding hydrogens is 271 g/mol. The van der Waals surface area contributed by atoms with Crippen LogP contribution >= 0.6 is 0 Å². The molecule has 0 amide bonds. The van der Waals surface area contributed by atoms with Crippen LogP contribution in [0.1, 0.15) is 38.8 Å². The zero-order valence-corrected chi connectivity index (χ0v) is 11.8. The van der Waals surface area contributed by atoms with Crippen LogP contribution in [0.25, 0.3) is 0 Å². The van der Waals surface area contributed by atoms with Gasteiger partial charge in [0, 0.05) is 0 Å². The highest BCUT2D eigenvalue weighted by Gasteiger charge is 2.37. The highest BCUT2D eigenvalue weighted by Crippen LogP contribution is 2.32. The molecule has 112 valence electrons. The van der Waals surface area contributed by atoms with E-state index in [0.29, 0.717) is 0 Å². The summed E-state index contributed by atoms with van der Waals surface area (Å²) in [7, 11) is 0. The predicted molar refractivity (Wildman–Crippen MR) is 68.8 cm³/mol. The Labute approximate surface area is 115 Å². The van der Waals surface area contributed by atoms with Gasteiger partial charge >= 0.3 is 12.1 Å². The third-order valence-corrected chi connectivity index (χ3v) is 2.61. The molecule has 6 heteroatoms. The minimum atomic E-state index is -4.49. The van der Waals surface area contributed by atoms with Gasteiger partial charge in [0.25, 0.3) is 0 Å². The average molecular weight is 289 g/mol. The third-order valence-electron chi connectivity index (χ3n) is 2.61. The maximum atomic E-state index is 12.7. The second kappa shape index (κ2) is 5.09. The molecule has 1 unspecified atom stereocenters. The zero-order chi connectivity index (χ0) is 15.8. The Hall–Kier alpha value is -1.56. The number of ether oxygens (including phenoxy) is 1. The van der Waals surface area contributed by atoms with Crippen LogP contribution in [0, 0.1) is 0 Å². The number of benzene rings is 1. The molecule has 1 atom stereocenters. The number of hydrogen-bond donors (Lipinski definition) is 1. The van der Waals surface area contributed by atoms with Crippen molar-refractivity contribution in [1.29, 1.82) is 0 Å². The van der Waals surface area contributed by atoms with Crippen molar-refractivity contribution >= 4 is 5.97 Å². The van der Waals surface area contributed by atoms with Gasteiger partial charge in [-0.3, -0.25) is 0 Å². The van der Waals surface area contributed by atoms with E-state index in [0.717, 1.165) is 12.1 Å². The number of carbonyl (C=O) groups is 1. The normalized spacial score (nSPS) is 15.6. The van der Waals surface area contributed by atoms with Crippen molar-refractivity contribution in [2.75, 3.05) is 0 Å². The molecule has 0 radical (unpaired) electrons. The molecule has 0 aliphatic carbocycles. The van der Waals surface area contributed by atoms with Gasteiger partial charge in [0.2, 0.25) is 0 Å². The first-order chi connectivity index (χ1) is 8.84. The number of alkyl halides is 3. The number of carbonyl (C=O) groups excluding carboxylic acids is 1. The molecule has 0 spiro atoms. The number of hydrogen-bond acceptors (Lipinski definition) is 3. The Morgan fingerprint density at radius 1 is 1.10 bits per heavy atom. The quantitative estimate of drug-likeness (QED) is 0.850. The van der Waals surface area contributed by atoms with E-state index in [4.69, 9.17) is 10.5 Å². The molecule has 0 aliphatic rings. The summed E-state index contributed by atoms with van der Waals surface area (Å²) in [6, 6.07) is 4.38. The van der Waals surface area contributed by atoms with Crippen molar-refractivity contribution in [3.63, 3.8) is 0 Å². The maximum absolute atomic E-state index is 12.7. The van der Waals surface area contributed by atoms with Crippen LogP contribution in [0.4, 0.5) is 13.2 Å². The Kier molecular flexibility index (Phi) is 4.20. The molecule has 0 bridgehead atoms. The van der Waals surface area contributed by atoms with Gasteiger partial charge in [-0.2, -0.15) is 13.2 Å². The Balaban J connectivity index is 3.13. The molecule has 1 aromatic rings. The number of esters is 1. The fourth-order valence-corrected chi connectivity index (χ4v) is 1.52. The highest BCUT2D eigenvalue weighted by molar-refractivity contribution is 5.82. The Morgan fingerprint density at radius 3 is 2.05 bits per heavy atom. The average Bonchev–Trinajstić information content (AvgIpc) is 2.25. The van der Waals surface area contributed by atoms with Gasteiger partial charge in [0.1, 0.15) is 11.1 Å². The van der Waals surface area contributed by atoms with Crippen molar-refractivity contribution < 1.29 is 22.7 Å². The first kappa shape index (κ1) is 16.5. The van der Waals surface area contributed by atoms with Crippen molar-refractivity contribution in [2.45, 2.75) is 45.0 Å². The first-order valence-electron chi connectivity index (χ1n) is 6.04. The first-order valence-corrected chi connectivity index (χ1v) is 6.04. The van der Waals surface area contributed by atoms with Gasteiger partial charge in [0.15, 0.2) is 0 Å². The summed E-state index contributed by atoms with van der Waals surface area (Å²) in [4.78, 5) is 12.0. The van der Waals surface area contributed by atoms with E-state index in [2.05, 4.69) is 0 Å². The summed E-state index contributed by atoms with van der Waals surface area (Å²) in [5, 5.41) is 0. The van der Waals surface area contributed by atoms with E-state index in [1.807, 2.05) is 0 Å². The van der Waals surface area contributed by atoms with E-state index in [-0.39, 0.29) is 5.56 Å². The molecule has 0 aromatic heterocycles. The lowest BCUT2D eigenvalue weighted by molar-refractivity contribution is -0.161. The second-order valence-electron chi connectivity index (χ2n) is 5.78. The van der Waals surface area contributed by atoms with Crippen LogP contribution in [-0.2, 0) is 21.2 Å². The molecular formula is C14H18F3NO2. The SMILES string of the molecule is CC(C)(C)OC(=O)C(C)(N)c1cccc(C(F)(F)F)c1.